The number of carbonyl (C=O) groups excluding carboxylic acids is 2. The van der Waals surface area contributed by atoms with Crippen molar-refractivity contribution in [1.82, 2.24) is 20.9 Å². The molecule has 3 aromatic rings. The van der Waals surface area contributed by atoms with E-state index in [9.17, 15) is 9.59 Å². The maximum Gasteiger partial charge on any atom is 0.242 e. The number of hydrogen-bond acceptors (Lipinski definition) is 5. The Balaban J connectivity index is 1.30. The van der Waals surface area contributed by atoms with Gasteiger partial charge in [-0.1, -0.05) is 60.7 Å². The molecule has 0 spiro atoms. The Labute approximate surface area is 200 Å². The molecule has 1 saturated heterocycles. The number of nitrogens with zero attached hydrogens (tertiary/aromatic N) is 1. The highest BCUT2D eigenvalue weighted by molar-refractivity contribution is 5.89. The zero-order chi connectivity index (χ0) is 24.1. The van der Waals surface area contributed by atoms with Crippen LogP contribution in [0.15, 0.2) is 66.7 Å². The van der Waals surface area contributed by atoms with Crippen LogP contribution in [0.25, 0.3) is 11.1 Å². The molecule has 1 aromatic heterocycles. The summed E-state index contributed by atoms with van der Waals surface area (Å²) >= 11 is 0. The first-order valence-corrected chi connectivity index (χ1v) is 11.6. The molecule has 3 atom stereocenters. The van der Waals surface area contributed by atoms with Crippen molar-refractivity contribution in [2.24, 2.45) is 0 Å². The van der Waals surface area contributed by atoms with Crippen molar-refractivity contribution in [2.75, 3.05) is 12.3 Å². The minimum atomic E-state index is -0.642. The Morgan fingerprint density at radius 3 is 2.62 bits per heavy atom. The standard InChI is InChI=1S/C27H31N5O2/c1-17-22(11-12-25(28)31-17)15-30-26(33)18(2)32-27(34)24-14-23(16-29-24)21-10-6-9-20(13-21)19-7-4-3-5-8-19/h3-13,18,23-24,29H,14-16H2,1-2H3,(H2,28,31)(H,30,33)(H,32,34)/t18-,23+,24-/m1/s1. The van der Waals surface area contributed by atoms with E-state index in [1.165, 1.54) is 16.7 Å². The molecule has 2 heterocycles. The maximum atomic E-state index is 12.8. The third-order valence-electron chi connectivity index (χ3n) is 6.33. The number of carbonyl (C=O) groups is 2. The number of aromatic nitrogens is 1. The second kappa shape index (κ2) is 10.5. The molecule has 0 aliphatic carbocycles. The van der Waals surface area contributed by atoms with E-state index in [0.717, 1.165) is 17.8 Å². The van der Waals surface area contributed by atoms with Gasteiger partial charge in [0.1, 0.15) is 11.9 Å². The van der Waals surface area contributed by atoms with Crippen molar-refractivity contribution in [3.63, 3.8) is 0 Å². The molecule has 1 fully saturated rings. The highest BCUT2D eigenvalue weighted by atomic mass is 16.2. The smallest absolute Gasteiger partial charge is 0.242 e. The van der Waals surface area contributed by atoms with E-state index in [1.54, 1.807) is 13.0 Å². The summed E-state index contributed by atoms with van der Waals surface area (Å²) in [7, 11) is 0. The summed E-state index contributed by atoms with van der Waals surface area (Å²) in [6.45, 7) is 4.60. The molecule has 5 N–H and O–H groups in total. The first-order valence-electron chi connectivity index (χ1n) is 11.6. The average Bonchev–Trinajstić information content (AvgIpc) is 3.34. The van der Waals surface area contributed by atoms with Gasteiger partial charge in [0.15, 0.2) is 0 Å². The summed E-state index contributed by atoms with van der Waals surface area (Å²) in [5.41, 5.74) is 10.9. The molecule has 2 aromatic carbocycles. The number of aryl methyl sites for hydroxylation is 1. The molecule has 1 aliphatic rings. The lowest BCUT2D eigenvalue weighted by molar-refractivity contribution is -0.129. The molecular formula is C27H31N5O2. The summed E-state index contributed by atoms with van der Waals surface area (Å²) in [4.78, 5) is 29.5. The number of nitrogen functional groups attached to an aromatic ring is 1. The minimum absolute atomic E-state index is 0.158. The third-order valence-corrected chi connectivity index (χ3v) is 6.33. The minimum Gasteiger partial charge on any atom is -0.384 e. The third kappa shape index (κ3) is 5.61. The molecule has 176 valence electrons. The van der Waals surface area contributed by atoms with Crippen molar-refractivity contribution in [3.8, 4) is 11.1 Å². The van der Waals surface area contributed by atoms with Gasteiger partial charge in [0.2, 0.25) is 11.8 Å². The number of amides is 2. The van der Waals surface area contributed by atoms with Crippen molar-refractivity contribution >= 4 is 17.6 Å². The Hall–Kier alpha value is -3.71. The zero-order valence-electron chi connectivity index (χ0n) is 19.5. The fourth-order valence-corrected chi connectivity index (χ4v) is 4.30. The fraction of sp³-hybridized carbons (Fsp3) is 0.296. The predicted molar refractivity (Wildman–Crippen MR) is 134 cm³/mol. The molecular weight excluding hydrogens is 426 g/mol. The van der Waals surface area contributed by atoms with E-state index in [-0.39, 0.29) is 23.8 Å². The van der Waals surface area contributed by atoms with Crippen LogP contribution >= 0.6 is 0 Å². The summed E-state index contributed by atoms with van der Waals surface area (Å²) in [6, 6.07) is 21.3. The molecule has 1 aliphatic heterocycles. The van der Waals surface area contributed by atoms with Gasteiger partial charge in [-0.25, -0.2) is 4.98 Å². The van der Waals surface area contributed by atoms with E-state index in [1.807, 2.05) is 31.2 Å². The largest absolute Gasteiger partial charge is 0.384 e. The van der Waals surface area contributed by atoms with Gasteiger partial charge >= 0.3 is 0 Å². The SMILES string of the molecule is Cc1nc(N)ccc1CNC(=O)[C@@H](C)NC(=O)[C@H]1C[C@H](c2cccc(-c3ccccc3)c2)CN1. The van der Waals surface area contributed by atoms with Crippen LogP contribution in [0.1, 0.15) is 36.1 Å². The number of nitrogens with one attached hydrogen (secondary N) is 3. The van der Waals surface area contributed by atoms with Crippen LogP contribution in [0.2, 0.25) is 0 Å². The van der Waals surface area contributed by atoms with Crippen LogP contribution in [-0.4, -0.2) is 35.4 Å². The Morgan fingerprint density at radius 1 is 1.09 bits per heavy atom. The van der Waals surface area contributed by atoms with Crippen molar-refractivity contribution in [1.29, 1.82) is 0 Å². The van der Waals surface area contributed by atoms with E-state index in [4.69, 9.17) is 5.73 Å². The molecule has 0 unspecified atom stereocenters. The monoisotopic (exact) mass is 457 g/mol. The highest BCUT2D eigenvalue weighted by Gasteiger charge is 2.31. The number of rotatable bonds is 7. The van der Waals surface area contributed by atoms with Crippen molar-refractivity contribution in [3.05, 3.63) is 83.6 Å². The van der Waals surface area contributed by atoms with Crippen LogP contribution in [0.4, 0.5) is 5.82 Å². The van der Waals surface area contributed by atoms with E-state index >= 15 is 0 Å². The van der Waals surface area contributed by atoms with Gasteiger partial charge in [-0.2, -0.15) is 0 Å². The number of anilines is 1. The van der Waals surface area contributed by atoms with Crippen LogP contribution < -0.4 is 21.7 Å². The van der Waals surface area contributed by atoms with Gasteiger partial charge in [-0.05, 0) is 54.5 Å². The fourth-order valence-electron chi connectivity index (χ4n) is 4.30. The molecule has 7 nitrogen and oxygen atoms in total. The number of benzene rings is 2. The first-order chi connectivity index (χ1) is 16.4. The highest BCUT2D eigenvalue weighted by Crippen LogP contribution is 2.29. The second-order valence-corrected chi connectivity index (χ2v) is 8.81. The lowest BCUT2D eigenvalue weighted by Gasteiger charge is -2.18. The Kier molecular flexibility index (Phi) is 7.23. The normalized spacial score (nSPS) is 18.3. The molecule has 0 saturated carbocycles. The molecule has 0 radical (unpaired) electrons. The topological polar surface area (TPSA) is 109 Å². The predicted octanol–water partition coefficient (Wildman–Crippen LogP) is 2.91. The molecule has 34 heavy (non-hydrogen) atoms. The van der Waals surface area contributed by atoms with E-state index < -0.39 is 6.04 Å². The lowest BCUT2D eigenvalue weighted by Crippen LogP contribution is -2.50. The van der Waals surface area contributed by atoms with E-state index in [2.05, 4.69) is 57.3 Å². The van der Waals surface area contributed by atoms with Crippen molar-refractivity contribution in [2.45, 2.75) is 44.8 Å². The molecule has 4 rings (SSSR count). The second-order valence-electron chi connectivity index (χ2n) is 8.81. The average molecular weight is 458 g/mol. The Morgan fingerprint density at radius 2 is 1.85 bits per heavy atom. The molecule has 2 amide bonds. The summed E-state index contributed by atoms with van der Waals surface area (Å²) < 4.78 is 0. The Bertz CT molecular complexity index is 1160. The summed E-state index contributed by atoms with van der Waals surface area (Å²) in [5.74, 6) is 0.288. The quantitative estimate of drug-likeness (QED) is 0.436. The van der Waals surface area contributed by atoms with Crippen LogP contribution in [-0.2, 0) is 16.1 Å². The number of pyridine rings is 1. The number of hydrogen-bond donors (Lipinski definition) is 4. The van der Waals surface area contributed by atoms with Crippen LogP contribution in [0, 0.1) is 6.92 Å². The van der Waals surface area contributed by atoms with Crippen LogP contribution in [0.5, 0.6) is 0 Å². The van der Waals surface area contributed by atoms with Gasteiger partial charge in [-0.3, -0.25) is 9.59 Å². The van der Waals surface area contributed by atoms with Gasteiger partial charge in [0.25, 0.3) is 0 Å². The lowest BCUT2D eigenvalue weighted by atomic mass is 9.93. The summed E-state index contributed by atoms with van der Waals surface area (Å²) in [5, 5.41) is 9.01. The van der Waals surface area contributed by atoms with Gasteiger partial charge in [-0.15, -0.1) is 0 Å². The first kappa shape index (κ1) is 23.4. The summed E-state index contributed by atoms with van der Waals surface area (Å²) in [6.07, 6.45) is 0.689. The number of nitrogens with two attached hydrogens (primary N) is 1. The van der Waals surface area contributed by atoms with Gasteiger partial charge in [0, 0.05) is 18.8 Å². The molecule has 7 heteroatoms. The van der Waals surface area contributed by atoms with Crippen molar-refractivity contribution < 1.29 is 9.59 Å². The maximum absolute atomic E-state index is 12.8. The zero-order valence-corrected chi connectivity index (χ0v) is 19.5. The van der Waals surface area contributed by atoms with E-state index in [0.29, 0.717) is 18.8 Å². The van der Waals surface area contributed by atoms with Gasteiger partial charge < -0.3 is 21.7 Å². The van der Waals surface area contributed by atoms with Gasteiger partial charge in [0.05, 0.1) is 6.04 Å². The molecule has 0 bridgehead atoms. The van der Waals surface area contributed by atoms with Crippen LogP contribution in [0.3, 0.4) is 0 Å².